The van der Waals surface area contributed by atoms with Gasteiger partial charge in [0.2, 0.25) is 0 Å². The van der Waals surface area contributed by atoms with Gasteiger partial charge in [0, 0.05) is 12.3 Å². The van der Waals surface area contributed by atoms with Crippen LogP contribution in [0.2, 0.25) is 0 Å². The van der Waals surface area contributed by atoms with E-state index in [2.05, 4.69) is 41.2 Å². The van der Waals surface area contributed by atoms with Gasteiger partial charge in [0.05, 0.1) is 6.61 Å². The fourth-order valence-electron chi connectivity index (χ4n) is 11.8. The number of hydrogen-bond donors (Lipinski definition) is 0. The number of unbranched alkanes of at least 4 members (excludes halogenated alkanes) is 12. The van der Waals surface area contributed by atoms with Crippen LogP contribution in [0.1, 0.15) is 202 Å². The minimum Gasteiger partial charge on any atom is -0.465 e. The van der Waals surface area contributed by atoms with Gasteiger partial charge >= 0.3 is 5.97 Å². The van der Waals surface area contributed by atoms with E-state index < -0.39 is 0 Å². The number of hydrogen-bond acceptors (Lipinski definition) is 2. The first-order chi connectivity index (χ1) is 22.2. The third-order valence-corrected chi connectivity index (χ3v) is 14.9. The molecule has 266 valence electrons. The SMILES string of the molecule is C=C(CC[C@@H](C)[C@H]1CC[C@H]2[C@@H]3CCC4CCCC[C@]4(C)[C@H]3CC[C@]12C)C(C)COC(=O)CCCCCCCCCCCCCCC. The molecule has 4 fully saturated rings. The number of esters is 1. The van der Waals surface area contributed by atoms with Crippen LogP contribution in [0.15, 0.2) is 12.2 Å². The molecule has 2 nitrogen and oxygen atoms in total. The van der Waals surface area contributed by atoms with Crippen LogP contribution in [-0.2, 0) is 9.53 Å². The van der Waals surface area contributed by atoms with Gasteiger partial charge in [-0.3, -0.25) is 4.79 Å². The van der Waals surface area contributed by atoms with Gasteiger partial charge in [-0.05, 0) is 117 Å². The van der Waals surface area contributed by atoms with Crippen molar-refractivity contribution in [1.82, 2.24) is 0 Å². The molecule has 4 aliphatic rings. The number of carbonyl (C=O) groups excluding carboxylic acids is 1. The summed E-state index contributed by atoms with van der Waals surface area (Å²) in [6.07, 6.45) is 35.2. The fourth-order valence-corrected chi connectivity index (χ4v) is 11.8. The molecule has 0 aromatic rings. The van der Waals surface area contributed by atoms with Crippen molar-refractivity contribution in [3.63, 3.8) is 0 Å². The van der Waals surface area contributed by atoms with Crippen LogP contribution in [0.25, 0.3) is 0 Å². The lowest BCUT2D eigenvalue weighted by Gasteiger charge is -2.61. The Kier molecular flexibility index (Phi) is 15.6. The van der Waals surface area contributed by atoms with Crippen LogP contribution in [0.3, 0.4) is 0 Å². The first-order valence-electron chi connectivity index (χ1n) is 21.0. The maximum absolute atomic E-state index is 12.4. The number of carbonyl (C=O) groups is 1. The molecule has 0 spiro atoms. The smallest absolute Gasteiger partial charge is 0.305 e. The standard InChI is InChI=1S/C44H78O2/c1-7-8-9-10-11-12-13-14-15-16-17-18-19-23-42(45)46-33-36(4)34(2)24-25-35(3)39-28-29-40-38-27-26-37-22-20-21-31-43(37,5)41(38)30-32-44(39,40)6/h35-41H,2,7-33H2,1,3-6H3/t35-,36?,37?,38+,39-,40+,41+,43+,44-/m1/s1. The molecule has 2 heteroatoms. The van der Waals surface area contributed by atoms with Gasteiger partial charge in [0.1, 0.15) is 0 Å². The van der Waals surface area contributed by atoms with Crippen molar-refractivity contribution in [1.29, 1.82) is 0 Å². The van der Waals surface area contributed by atoms with Crippen LogP contribution < -0.4 is 0 Å². The molecular formula is C44H78O2. The zero-order chi connectivity index (χ0) is 33.0. The van der Waals surface area contributed by atoms with Crippen molar-refractivity contribution in [3.05, 3.63) is 12.2 Å². The van der Waals surface area contributed by atoms with Crippen molar-refractivity contribution < 1.29 is 9.53 Å². The molecular weight excluding hydrogens is 560 g/mol. The van der Waals surface area contributed by atoms with Gasteiger partial charge in [-0.15, -0.1) is 0 Å². The molecule has 0 saturated heterocycles. The second kappa shape index (κ2) is 18.8. The average molecular weight is 639 g/mol. The fraction of sp³-hybridized carbons (Fsp3) is 0.932. The van der Waals surface area contributed by atoms with Crippen LogP contribution in [0.5, 0.6) is 0 Å². The highest BCUT2D eigenvalue weighted by atomic mass is 16.5. The molecule has 4 rings (SSSR count). The summed E-state index contributed by atoms with van der Waals surface area (Å²) in [5.74, 6) is 5.88. The quantitative estimate of drug-likeness (QED) is 0.0710. The van der Waals surface area contributed by atoms with Crippen molar-refractivity contribution in [2.24, 2.45) is 52.3 Å². The van der Waals surface area contributed by atoms with Crippen molar-refractivity contribution in [2.75, 3.05) is 6.61 Å². The Hall–Kier alpha value is -0.790. The molecule has 46 heavy (non-hydrogen) atoms. The Morgan fingerprint density at radius 2 is 1.35 bits per heavy atom. The summed E-state index contributed by atoms with van der Waals surface area (Å²) in [6, 6.07) is 0. The van der Waals surface area contributed by atoms with E-state index in [0.717, 1.165) is 54.8 Å². The summed E-state index contributed by atoms with van der Waals surface area (Å²) < 4.78 is 5.72. The molecule has 0 bridgehead atoms. The zero-order valence-electron chi connectivity index (χ0n) is 31.7. The lowest BCUT2D eigenvalue weighted by atomic mass is 9.44. The van der Waals surface area contributed by atoms with E-state index in [9.17, 15) is 4.79 Å². The molecule has 0 aromatic heterocycles. The highest BCUT2D eigenvalue weighted by Gasteiger charge is 2.60. The van der Waals surface area contributed by atoms with Crippen molar-refractivity contribution >= 4 is 5.97 Å². The Balaban J connectivity index is 1.06. The van der Waals surface area contributed by atoms with Crippen molar-refractivity contribution in [3.8, 4) is 0 Å². The molecule has 4 aliphatic carbocycles. The predicted octanol–water partition coefficient (Wildman–Crippen LogP) is 13.7. The number of rotatable bonds is 21. The van der Waals surface area contributed by atoms with Crippen LogP contribution in [0, 0.1) is 52.3 Å². The van der Waals surface area contributed by atoms with Gasteiger partial charge in [0.25, 0.3) is 0 Å². The van der Waals surface area contributed by atoms with Gasteiger partial charge < -0.3 is 4.74 Å². The van der Waals surface area contributed by atoms with Crippen LogP contribution >= 0.6 is 0 Å². The lowest BCUT2D eigenvalue weighted by Crippen LogP contribution is -2.53. The lowest BCUT2D eigenvalue weighted by molar-refractivity contribution is -0.144. The molecule has 4 saturated carbocycles. The molecule has 9 atom stereocenters. The van der Waals surface area contributed by atoms with Gasteiger partial charge in [-0.25, -0.2) is 0 Å². The van der Waals surface area contributed by atoms with E-state index in [1.807, 2.05) is 0 Å². The summed E-state index contributed by atoms with van der Waals surface area (Å²) in [5, 5.41) is 0. The van der Waals surface area contributed by atoms with E-state index in [0.29, 0.717) is 23.9 Å². The van der Waals surface area contributed by atoms with Gasteiger partial charge in [-0.2, -0.15) is 0 Å². The Labute approximate surface area is 287 Å². The van der Waals surface area contributed by atoms with Crippen LogP contribution in [-0.4, -0.2) is 12.6 Å². The van der Waals surface area contributed by atoms with E-state index in [1.54, 1.807) is 0 Å². The second-order valence-electron chi connectivity index (χ2n) is 17.9. The Morgan fingerprint density at radius 3 is 2.02 bits per heavy atom. The summed E-state index contributed by atoms with van der Waals surface area (Å²) in [7, 11) is 0. The summed E-state index contributed by atoms with van der Waals surface area (Å²) in [6.45, 7) is 17.5. The minimum absolute atomic E-state index is 0.00673. The predicted molar refractivity (Wildman–Crippen MR) is 198 cm³/mol. The number of ether oxygens (including phenoxy) is 1. The largest absolute Gasteiger partial charge is 0.465 e. The van der Waals surface area contributed by atoms with Gasteiger partial charge in [0.15, 0.2) is 0 Å². The summed E-state index contributed by atoms with van der Waals surface area (Å²) >= 11 is 0. The Morgan fingerprint density at radius 1 is 0.717 bits per heavy atom. The maximum Gasteiger partial charge on any atom is 0.305 e. The molecule has 0 heterocycles. The van der Waals surface area contributed by atoms with Gasteiger partial charge in [-0.1, -0.05) is 137 Å². The van der Waals surface area contributed by atoms with Crippen LogP contribution in [0.4, 0.5) is 0 Å². The topological polar surface area (TPSA) is 26.3 Å². The highest BCUT2D eigenvalue weighted by Crippen LogP contribution is 2.68. The summed E-state index contributed by atoms with van der Waals surface area (Å²) in [5.41, 5.74) is 2.48. The van der Waals surface area contributed by atoms with E-state index in [4.69, 9.17) is 4.74 Å². The Bertz CT molecular complexity index is 908. The van der Waals surface area contributed by atoms with Crippen molar-refractivity contribution in [2.45, 2.75) is 202 Å². The third kappa shape index (κ3) is 9.89. The first kappa shape index (κ1) is 38.0. The monoisotopic (exact) mass is 639 g/mol. The van der Waals surface area contributed by atoms with E-state index >= 15 is 0 Å². The molecule has 0 aromatic carbocycles. The number of fused-ring (bicyclic) bond motifs is 5. The normalized spacial score (nSPS) is 33.5. The minimum atomic E-state index is -0.00673. The average Bonchev–Trinajstić information content (AvgIpc) is 3.41. The second-order valence-corrected chi connectivity index (χ2v) is 17.9. The van der Waals surface area contributed by atoms with E-state index in [-0.39, 0.29) is 11.9 Å². The first-order valence-corrected chi connectivity index (χ1v) is 21.0. The summed E-state index contributed by atoms with van der Waals surface area (Å²) in [4.78, 5) is 12.4. The maximum atomic E-state index is 12.4. The highest BCUT2D eigenvalue weighted by molar-refractivity contribution is 5.69. The molecule has 0 aliphatic heterocycles. The third-order valence-electron chi connectivity index (χ3n) is 14.9. The molecule has 2 unspecified atom stereocenters. The molecule has 0 amide bonds. The zero-order valence-corrected chi connectivity index (χ0v) is 31.7. The van der Waals surface area contributed by atoms with E-state index in [1.165, 1.54) is 147 Å². The molecule has 0 N–H and O–H groups in total. The molecule has 0 radical (unpaired) electrons.